The van der Waals surface area contributed by atoms with Gasteiger partial charge in [-0.2, -0.15) is 0 Å². The zero-order valence-corrected chi connectivity index (χ0v) is 12.1. The number of amides is 1. The van der Waals surface area contributed by atoms with Crippen LogP contribution in [0.3, 0.4) is 0 Å². The second-order valence-electron chi connectivity index (χ2n) is 3.98. The van der Waals surface area contributed by atoms with Gasteiger partial charge < -0.3 is 20.1 Å². The van der Waals surface area contributed by atoms with Crippen LogP contribution in [0.1, 0.15) is 5.56 Å². The van der Waals surface area contributed by atoms with Crippen molar-refractivity contribution in [2.24, 2.45) is 5.73 Å². The number of carbonyl (C=O) groups is 2. The van der Waals surface area contributed by atoms with Gasteiger partial charge in [0.1, 0.15) is 17.3 Å². The van der Waals surface area contributed by atoms with Gasteiger partial charge in [0.2, 0.25) is 0 Å². The lowest BCUT2D eigenvalue weighted by Gasteiger charge is -2.16. The molecule has 1 aromatic rings. The first-order valence-electron chi connectivity index (χ1n) is 5.78. The van der Waals surface area contributed by atoms with E-state index in [1.807, 2.05) is 0 Å². The number of rotatable bonds is 6. The maximum atomic E-state index is 11.8. The monoisotopic (exact) mass is 296 g/mol. The minimum Gasteiger partial charge on any atom is -0.483 e. The second-order valence-corrected chi connectivity index (χ2v) is 4.41. The highest BCUT2D eigenvalue weighted by Crippen LogP contribution is 2.17. The van der Waals surface area contributed by atoms with Crippen LogP contribution in [-0.4, -0.2) is 49.1 Å². The summed E-state index contributed by atoms with van der Waals surface area (Å²) in [5.41, 5.74) is 6.12. The van der Waals surface area contributed by atoms with E-state index in [4.69, 9.17) is 22.7 Å². The molecule has 0 heterocycles. The fourth-order valence-electron chi connectivity index (χ4n) is 1.39. The molecule has 0 bridgehead atoms. The summed E-state index contributed by atoms with van der Waals surface area (Å²) in [5, 5.41) is 0. The van der Waals surface area contributed by atoms with Crippen molar-refractivity contribution in [3.8, 4) is 5.75 Å². The van der Waals surface area contributed by atoms with Crippen molar-refractivity contribution >= 4 is 29.1 Å². The molecule has 0 aliphatic carbocycles. The van der Waals surface area contributed by atoms with Gasteiger partial charge in [0, 0.05) is 7.05 Å². The molecule has 20 heavy (non-hydrogen) atoms. The Kier molecular flexibility index (Phi) is 5.92. The molecule has 108 valence electrons. The number of ether oxygens (including phenoxy) is 2. The molecular weight excluding hydrogens is 280 g/mol. The van der Waals surface area contributed by atoms with E-state index in [1.54, 1.807) is 24.3 Å². The molecule has 1 aromatic carbocycles. The maximum Gasteiger partial charge on any atom is 0.325 e. The van der Waals surface area contributed by atoms with E-state index in [1.165, 1.54) is 19.1 Å². The van der Waals surface area contributed by atoms with Crippen LogP contribution in [0.2, 0.25) is 0 Å². The van der Waals surface area contributed by atoms with Gasteiger partial charge in [-0.3, -0.25) is 9.59 Å². The standard InChI is InChI=1S/C13H16N2O4S/c1-15(7-12(17)18-2)11(16)8-19-10-6-4-3-5-9(10)13(14)20/h3-6H,7-8H2,1-2H3,(H2,14,20). The predicted molar refractivity (Wildman–Crippen MR) is 77.5 cm³/mol. The lowest BCUT2D eigenvalue weighted by molar-refractivity contribution is -0.146. The summed E-state index contributed by atoms with van der Waals surface area (Å²) in [4.78, 5) is 24.2. The van der Waals surface area contributed by atoms with E-state index < -0.39 is 5.97 Å². The molecule has 0 atom stereocenters. The summed E-state index contributed by atoms with van der Waals surface area (Å²) in [5.74, 6) is -0.419. The van der Waals surface area contributed by atoms with E-state index in [2.05, 4.69) is 4.74 Å². The number of nitrogens with two attached hydrogens (primary N) is 1. The van der Waals surface area contributed by atoms with Crippen LogP contribution in [0.4, 0.5) is 0 Å². The van der Waals surface area contributed by atoms with Gasteiger partial charge in [-0.1, -0.05) is 24.4 Å². The molecule has 0 saturated heterocycles. The Balaban J connectivity index is 2.61. The third-order valence-electron chi connectivity index (χ3n) is 2.52. The zero-order chi connectivity index (χ0) is 15.1. The molecule has 0 radical (unpaired) electrons. The normalized spacial score (nSPS) is 9.70. The van der Waals surface area contributed by atoms with E-state index in [-0.39, 0.29) is 24.0 Å². The fourth-order valence-corrected chi connectivity index (χ4v) is 1.56. The van der Waals surface area contributed by atoms with Crippen molar-refractivity contribution in [2.45, 2.75) is 0 Å². The van der Waals surface area contributed by atoms with Gasteiger partial charge >= 0.3 is 5.97 Å². The first-order valence-corrected chi connectivity index (χ1v) is 6.19. The molecule has 0 aromatic heterocycles. The minimum absolute atomic E-state index is 0.129. The number of esters is 1. The van der Waals surface area contributed by atoms with Crippen LogP contribution in [0.5, 0.6) is 5.75 Å². The quantitative estimate of drug-likeness (QED) is 0.602. The Morgan fingerprint density at radius 3 is 2.60 bits per heavy atom. The van der Waals surface area contributed by atoms with E-state index in [0.29, 0.717) is 11.3 Å². The Hall–Kier alpha value is -2.15. The number of nitrogens with zero attached hydrogens (tertiary/aromatic N) is 1. The van der Waals surface area contributed by atoms with Gasteiger partial charge in [0.15, 0.2) is 6.61 Å². The molecule has 0 aliphatic rings. The number of carbonyl (C=O) groups excluding carboxylic acids is 2. The average molecular weight is 296 g/mol. The van der Waals surface area contributed by atoms with Gasteiger partial charge in [-0.15, -0.1) is 0 Å². The number of hydrogen-bond donors (Lipinski definition) is 1. The van der Waals surface area contributed by atoms with Crippen molar-refractivity contribution in [3.05, 3.63) is 29.8 Å². The molecule has 1 amide bonds. The SMILES string of the molecule is COC(=O)CN(C)C(=O)COc1ccccc1C(N)=S. The number of para-hydroxylation sites is 1. The summed E-state index contributed by atoms with van der Waals surface area (Å²) in [7, 11) is 2.75. The highest BCUT2D eigenvalue weighted by Gasteiger charge is 2.14. The summed E-state index contributed by atoms with van der Waals surface area (Å²) >= 11 is 4.90. The van der Waals surface area contributed by atoms with Crippen LogP contribution in [-0.2, 0) is 14.3 Å². The summed E-state index contributed by atoms with van der Waals surface area (Å²) in [6.45, 7) is -0.344. The van der Waals surface area contributed by atoms with Crippen molar-refractivity contribution in [1.82, 2.24) is 4.90 Å². The largest absolute Gasteiger partial charge is 0.483 e. The number of hydrogen-bond acceptors (Lipinski definition) is 5. The molecule has 2 N–H and O–H groups in total. The van der Waals surface area contributed by atoms with Crippen LogP contribution < -0.4 is 10.5 Å². The third kappa shape index (κ3) is 4.51. The lowest BCUT2D eigenvalue weighted by Crippen LogP contribution is -2.36. The molecule has 0 aliphatic heterocycles. The van der Waals surface area contributed by atoms with E-state index >= 15 is 0 Å². The van der Waals surface area contributed by atoms with Crippen LogP contribution in [0.25, 0.3) is 0 Å². The number of likely N-dealkylation sites (N-methyl/N-ethyl adjacent to an activating group) is 1. The third-order valence-corrected chi connectivity index (χ3v) is 2.74. The minimum atomic E-state index is -0.496. The van der Waals surface area contributed by atoms with Crippen molar-refractivity contribution < 1.29 is 19.1 Å². The van der Waals surface area contributed by atoms with Crippen molar-refractivity contribution in [2.75, 3.05) is 27.3 Å². The van der Waals surface area contributed by atoms with Crippen LogP contribution in [0, 0.1) is 0 Å². The lowest BCUT2D eigenvalue weighted by atomic mass is 10.2. The van der Waals surface area contributed by atoms with Crippen LogP contribution >= 0.6 is 12.2 Å². The Bertz CT molecular complexity index is 519. The number of thiocarbonyl (C=S) groups is 1. The summed E-state index contributed by atoms with van der Waals surface area (Å²) in [6, 6.07) is 6.90. The highest BCUT2D eigenvalue weighted by molar-refractivity contribution is 7.80. The first-order chi connectivity index (χ1) is 9.45. The molecule has 0 saturated carbocycles. The van der Waals surface area contributed by atoms with E-state index in [9.17, 15) is 9.59 Å². The van der Waals surface area contributed by atoms with E-state index in [0.717, 1.165) is 0 Å². The predicted octanol–water partition coefficient (Wildman–Crippen LogP) is 0.331. The van der Waals surface area contributed by atoms with Gasteiger partial charge in [0.25, 0.3) is 5.91 Å². The molecule has 6 nitrogen and oxygen atoms in total. The van der Waals surface area contributed by atoms with Crippen LogP contribution in [0.15, 0.2) is 24.3 Å². The molecular formula is C13H16N2O4S. The topological polar surface area (TPSA) is 81.9 Å². The van der Waals surface area contributed by atoms with Crippen molar-refractivity contribution in [3.63, 3.8) is 0 Å². The molecule has 0 spiro atoms. The maximum absolute atomic E-state index is 11.8. The Labute approximate surface area is 122 Å². The molecule has 7 heteroatoms. The first kappa shape index (κ1) is 15.9. The van der Waals surface area contributed by atoms with Gasteiger partial charge in [0.05, 0.1) is 12.7 Å². The molecule has 0 unspecified atom stereocenters. The Morgan fingerprint density at radius 1 is 1.35 bits per heavy atom. The zero-order valence-electron chi connectivity index (χ0n) is 11.3. The Morgan fingerprint density at radius 2 is 2.00 bits per heavy atom. The summed E-state index contributed by atoms with van der Waals surface area (Å²) in [6.07, 6.45) is 0. The van der Waals surface area contributed by atoms with Gasteiger partial charge in [-0.25, -0.2) is 0 Å². The molecule has 1 rings (SSSR count). The summed E-state index contributed by atoms with van der Waals surface area (Å²) < 4.78 is 9.86. The smallest absolute Gasteiger partial charge is 0.325 e. The number of methoxy groups -OCH3 is 1. The number of benzene rings is 1. The fraction of sp³-hybridized carbons (Fsp3) is 0.308. The molecule has 0 fully saturated rings. The average Bonchev–Trinajstić information content (AvgIpc) is 2.44. The highest BCUT2D eigenvalue weighted by atomic mass is 32.1. The second kappa shape index (κ2) is 7.44. The van der Waals surface area contributed by atoms with Crippen molar-refractivity contribution in [1.29, 1.82) is 0 Å². The van der Waals surface area contributed by atoms with Gasteiger partial charge in [-0.05, 0) is 12.1 Å².